The van der Waals surface area contributed by atoms with Gasteiger partial charge in [-0.2, -0.15) is 0 Å². The van der Waals surface area contributed by atoms with Gasteiger partial charge in [-0.1, -0.05) is 151 Å². The number of hydrogen-bond acceptors (Lipinski definition) is 8. The molecule has 0 fully saturated rings. The number of aromatic amines is 2. The molecule has 0 saturated heterocycles. The Labute approximate surface area is 390 Å². The van der Waals surface area contributed by atoms with Crippen LogP contribution in [0.4, 0.5) is 0 Å². The van der Waals surface area contributed by atoms with Gasteiger partial charge >= 0.3 is 0 Å². The molecule has 2 amide bonds. The Morgan fingerprint density at radius 1 is 0.545 bits per heavy atom. The van der Waals surface area contributed by atoms with E-state index in [2.05, 4.69) is 123 Å². The number of amides is 2. The zero-order chi connectivity index (χ0) is 47.5. The highest BCUT2D eigenvalue weighted by Gasteiger charge is 2.40. The first-order valence-electron chi connectivity index (χ1n) is 22.7. The molecule has 0 aliphatic carbocycles. The Morgan fingerprint density at radius 3 is 1.41 bits per heavy atom. The van der Waals surface area contributed by atoms with Crippen LogP contribution in [0.1, 0.15) is 96.7 Å². The van der Waals surface area contributed by atoms with Gasteiger partial charge in [0.25, 0.3) is 11.8 Å². The number of rotatable bonds is 21. The summed E-state index contributed by atoms with van der Waals surface area (Å²) >= 11 is 0. The molecule has 2 aromatic heterocycles. The second-order valence-electron chi connectivity index (χ2n) is 19.5. The van der Waals surface area contributed by atoms with Gasteiger partial charge in [-0.3, -0.25) is 9.59 Å². The quantitative estimate of drug-likeness (QED) is 0.0521. The van der Waals surface area contributed by atoms with Gasteiger partial charge in [-0.15, -0.1) is 0 Å². The van der Waals surface area contributed by atoms with Gasteiger partial charge in [0.05, 0.1) is 49.9 Å². The van der Waals surface area contributed by atoms with Crippen molar-refractivity contribution >= 4 is 11.8 Å². The molecule has 2 unspecified atom stereocenters. The Kier molecular flexibility index (Phi) is 16.2. The Hall–Kier alpha value is -5.92. The van der Waals surface area contributed by atoms with E-state index in [0.717, 1.165) is 45.6 Å². The van der Waals surface area contributed by atoms with E-state index in [1.165, 1.54) is 12.7 Å². The smallest absolute Gasteiger partial charge is 0.254 e. The lowest BCUT2D eigenvalue weighted by Gasteiger charge is -2.34. The average molecular weight is 897 g/mol. The van der Waals surface area contributed by atoms with E-state index in [9.17, 15) is 9.59 Å². The standard InChI is InChI=1S/C54H68N6O6/c1-51(2,3)45(59-49(61)53(7,63-9)30-32-65-35-38-19-15-12-16-20-38)47-55-33-43(57-47)41-25-21-39(22-26-41)40-23-27-42(28-24-40)44-34-56-48(58-44)46(52(4,5)6)60-50(62)54(8,64-10)36-66-31-29-37-17-13-11-14-18-37/h11-28,33-34,45-46H,29-32,35-36H2,1-10H3,(H,55,57)(H,56,58)(H,59,61)(H,60,62)/t45-,46-,53?,54?/m1/s1. The summed E-state index contributed by atoms with van der Waals surface area (Å²) in [6.45, 7) is 17.4. The predicted molar refractivity (Wildman–Crippen MR) is 260 cm³/mol. The summed E-state index contributed by atoms with van der Waals surface area (Å²) < 4.78 is 23.3. The van der Waals surface area contributed by atoms with E-state index in [-0.39, 0.29) is 29.3 Å². The van der Waals surface area contributed by atoms with Crippen LogP contribution >= 0.6 is 0 Å². The SMILES string of the molecule is COC(C)(CCOCc1ccccc1)C(=O)N[C@H](c1nc(-c2ccc(-c3ccc(-c4c[nH]c([C@@H](NC(=O)C(C)(COCCc5ccccc5)OC)C(C)(C)C)n4)cc3)cc2)c[nH]1)C(C)(C)C. The van der Waals surface area contributed by atoms with Gasteiger partial charge in [0.2, 0.25) is 0 Å². The highest BCUT2D eigenvalue weighted by atomic mass is 16.5. The molecule has 0 aliphatic rings. The highest BCUT2D eigenvalue weighted by Crippen LogP contribution is 2.36. The largest absolute Gasteiger partial charge is 0.378 e. The van der Waals surface area contributed by atoms with Crippen molar-refractivity contribution in [3.05, 3.63) is 144 Å². The van der Waals surface area contributed by atoms with Gasteiger partial charge in [-0.05, 0) is 53.4 Å². The van der Waals surface area contributed by atoms with E-state index >= 15 is 0 Å². The van der Waals surface area contributed by atoms with Crippen LogP contribution < -0.4 is 10.6 Å². The van der Waals surface area contributed by atoms with E-state index in [4.69, 9.17) is 28.9 Å². The first-order valence-corrected chi connectivity index (χ1v) is 22.7. The van der Waals surface area contributed by atoms with Crippen molar-refractivity contribution in [1.82, 2.24) is 30.6 Å². The third kappa shape index (κ3) is 12.7. The number of hydrogen-bond donors (Lipinski definition) is 4. The molecule has 0 bridgehead atoms. The molecular weight excluding hydrogens is 829 g/mol. The second-order valence-corrected chi connectivity index (χ2v) is 19.5. The first kappa shape index (κ1) is 49.5. The molecule has 66 heavy (non-hydrogen) atoms. The summed E-state index contributed by atoms with van der Waals surface area (Å²) in [7, 11) is 3.09. The van der Waals surface area contributed by atoms with E-state index in [1.807, 2.05) is 60.9 Å². The predicted octanol–water partition coefficient (Wildman–Crippen LogP) is 10.2. The minimum Gasteiger partial charge on any atom is -0.378 e. The summed E-state index contributed by atoms with van der Waals surface area (Å²) in [5, 5.41) is 6.44. The molecule has 0 spiro atoms. The number of carbonyl (C=O) groups is 2. The van der Waals surface area contributed by atoms with Gasteiger partial charge in [0.1, 0.15) is 17.2 Å². The molecule has 12 heteroatoms. The number of ether oxygens (including phenoxy) is 4. The monoisotopic (exact) mass is 897 g/mol. The maximum absolute atomic E-state index is 13.8. The normalized spacial score (nSPS) is 14.8. The van der Waals surface area contributed by atoms with Crippen molar-refractivity contribution in [2.24, 2.45) is 10.8 Å². The summed E-state index contributed by atoms with van der Waals surface area (Å²) in [5.74, 6) is 0.816. The van der Waals surface area contributed by atoms with Gasteiger partial charge < -0.3 is 39.5 Å². The van der Waals surface area contributed by atoms with Crippen LogP contribution in [0.3, 0.4) is 0 Å². The number of H-pyrrole nitrogens is 2. The maximum atomic E-state index is 13.8. The van der Waals surface area contributed by atoms with Crippen molar-refractivity contribution in [1.29, 1.82) is 0 Å². The lowest BCUT2D eigenvalue weighted by molar-refractivity contribution is -0.150. The molecule has 0 saturated carbocycles. The molecule has 0 aliphatic heterocycles. The van der Waals surface area contributed by atoms with Crippen molar-refractivity contribution < 1.29 is 28.5 Å². The number of nitrogens with one attached hydrogen (secondary N) is 4. The number of aromatic nitrogens is 4. The fraction of sp³-hybridized carbons (Fsp3) is 0.407. The van der Waals surface area contributed by atoms with E-state index in [0.29, 0.717) is 37.9 Å². The lowest BCUT2D eigenvalue weighted by Crippen LogP contribution is -2.52. The van der Waals surface area contributed by atoms with Crippen molar-refractivity contribution in [3.63, 3.8) is 0 Å². The molecule has 4 aromatic carbocycles. The fourth-order valence-electron chi connectivity index (χ4n) is 7.55. The van der Waals surface area contributed by atoms with E-state index < -0.39 is 23.3 Å². The molecule has 12 nitrogen and oxygen atoms in total. The summed E-state index contributed by atoms with van der Waals surface area (Å²) in [5.41, 5.74) is 4.79. The number of benzene rings is 4. The number of methoxy groups -OCH3 is 2. The molecule has 6 rings (SSSR count). The summed E-state index contributed by atoms with van der Waals surface area (Å²) in [6, 6.07) is 35.8. The van der Waals surface area contributed by atoms with Crippen LogP contribution in [0.15, 0.2) is 122 Å². The Bertz CT molecular complexity index is 2280. The number of imidazole rings is 2. The molecule has 4 atom stereocenters. The van der Waals surface area contributed by atoms with Crippen LogP contribution in [-0.4, -0.2) is 77.0 Å². The fourth-order valence-corrected chi connectivity index (χ4v) is 7.55. The summed E-state index contributed by atoms with van der Waals surface area (Å²) in [6.07, 6.45) is 4.89. The van der Waals surface area contributed by atoms with E-state index in [1.54, 1.807) is 21.0 Å². The number of nitrogens with zero attached hydrogens (tertiary/aromatic N) is 2. The minimum atomic E-state index is -1.19. The lowest BCUT2D eigenvalue weighted by atomic mass is 9.85. The third-order valence-corrected chi connectivity index (χ3v) is 12.2. The highest BCUT2D eigenvalue weighted by molar-refractivity contribution is 5.86. The topological polar surface area (TPSA) is 152 Å². The Balaban J connectivity index is 1.07. The summed E-state index contributed by atoms with van der Waals surface area (Å²) in [4.78, 5) is 44.2. The van der Waals surface area contributed by atoms with Crippen LogP contribution in [0.5, 0.6) is 0 Å². The second kappa shape index (κ2) is 21.6. The van der Waals surface area contributed by atoms with Crippen LogP contribution in [-0.2, 0) is 41.6 Å². The van der Waals surface area contributed by atoms with Gasteiger partial charge in [0, 0.05) is 44.2 Å². The molecule has 350 valence electrons. The number of carbonyl (C=O) groups excluding carboxylic acids is 2. The zero-order valence-electron chi connectivity index (χ0n) is 40.3. The van der Waals surface area contributed by atoms with Crippen LogP contribution in [0.25, 0.3) is 33.6 Å². The van der Waals surface area contributed by atoms with Crippen molar-refractivity contribution in [2.45, 2.75) is 98.1 Å². The zero-order valence-corrected chi connectivity index (χ0v) is 40.3. The first-order chi connectivity index (χ1) is 31.4. The molecular formula is C54H68N6O6. The average Bonchev–Trinajstić information content (AvgIpc) is 4.01. The molecule has 0 radical (unpaired) electrons. The Morgan fingerprint density at radius 2 is 0.970 bits per heavy atom. The molecule has 2 heterocycles. The molecule has 4 N–H and O–H groups in total. The van der Waals surface area contributed by atoms with Gasteiger partial charge in [0.15, 0.2) is 5.60 Å². The third-order valence-electron chi connectivity index (χ3n) is 12.2. The minimum absolute atomic E-state index is 0.115. The van der Waals surface area contributed by atoms with Crippen molar-refractivity contribution in [3.8, 4) is 33.6 Å². The maximum Gasteiger partial charge on any atom is 0.254 e. The molecule has 6 aromatic rings. The van der Waals surface area contributed by atoms with Crippen molar-refractivity contribution in [2.75, 3.05) is 34.0 Å². The van der Waals surface area contributed by atoms with Crippen LogP contribution in [0.2, 0.25) is 0 Å². The van der Waals surface area contributed by atoms with Crippen LogP contribution in [0, 0.1) is 10.8 Å². The van der Waals surface area contributed by atoms with Gasteiger partial charge in [-0.25, -0.2) is 9.97 Å².